The molecule has 0 radical (unpaired) electrons. The van der Waals surface area contributed by atoms with Crippen LogP contribution in [0, 0.1) is 25.7 Å². The summed E-state index contributed by atoms with van der Waals surface area (Å²) in [6, 6.07) is 1.95. The van der Waals surface area contributed by atoms with Gasteiger partial charge in [-0.3, -0.25) is 4.79 Å². The molecular weight excluding hydrogens is 350 g/mol. The minimum atomic E-state index is -0.271. The average molecular weight is 378 g/mol. The van der Waals surface area contributed by atoms with Crippen molar-refractivity contribution in [1.82, 2.24) is 29.6 Å². The van der Waals surface area contributed by atoms with Crippen LogP contribution in [0.3, 0.4) is 0 Å². The van der Waals surface area contributed by atoms with Gasteiger partial charge in [-0.1, -0.05) is 25.6 Å². The highest BCUT2D eigenvalue weighted by atomic mass is 32.2. The van der Waals surface area contributed by atoms with Crippen molar-refractivity contribution in [2.45, 2.75) is 51.4 Å². The molecule has 142 valence electrons. The van der Waals surface area contributed by atoms with E-state index >= 15 is 0 Å². The van der Waals surface area contributed by atoms with Gasteiger partial charge in [-0.15, -0.1) is 10.2 Å². The van der Waals surface area contributed by atoms with Crippen LogP contribution in [0.25, 0.3) is 5.95 Å². The van der Waals surface area contributed by atoms with E-state index in [0.29, 0.717) is 22.9 Å². The monoisotopic (exact) mass is 377 g/mol. The van der Waals surface area contributed by atoms with Crippen LogP contribution in [0.1, 0.15) is 38.6 Å². The van der Waals surface area contributed by atoms with Crippen molar-refractivity contribution in [3.8, 4) is 5.95 Å². The molecule has 0 aliphatic carbocycles. The van der Waals surface area contributed by atoms with Gasteiger partial charge in [0.15, 0.2) is 0 Å². The first kappa shape index (κ1) is 18.8. The fourth-order valence-corrected chi connectivity index (χ4v) is 4.48. The van der Waals surface area contributed by atoms with Crippen molar-refractivity contribution < 1.29 is 4.79 Å². The third-order valence-corrected chi connectivity index (χ3v) is 5.70. The maximum atomic E-state index is 12.8. The number of hydrogen-bond donors (Lipinski definition) is 1. The predicted molar refractivity (Wildman–Crippen MR) is 102 cm³/mol. The van der Waals surface area contributed by atoms with Crippen LogP contribution in [0.15, 0.2) is 11.2 Å². The molecule has 8 nitrogen and oxygen atoms in total. The fraction of sp³-hybridized carbons (Fsp3) is 0.647. The van der Waals surface area contributed by atoms with E-state index in [2.05, 4.69) is 29.1 Å². The molecule has 2 aromatic heterocycles. The van der Waals surface area contributed by atoms with Gasteiger partial charge in [-0.2, -0.15) is 5.10 Å². The number of thioether (sulfide) groups is 1. The summed E-state index contributed by atoms with van der Waals surface area (Å²) >= 11 is 1.33. The molecule has 26 heavy (non-hydrogen) atoms. The molecule has 0 bridgehead atoms. The van der Waals surface area contributed by atoms with E-state index in [0.717, 1.165) is 24.5 Å². The summed E-state index contributed by atoms with van der Waals surface area (Å²) < 4.78 is 3.06. The lowest BCUT2D eigenvalue weighted by atomic mass is 9.92. The van der Waals surface area contributed by atoms with E-state index in [1.807, 2.05) is 31.7 Å². The molecule has 2 N–H and O–H groups in total. The topological polar surface area (TPSA) is 94.9 Å². The molecule has 1 amide bonds. The Morgan fingerprint density at radius 2 is 1.92 bits per heavy atom. The molecule has 0 saturated carbocycles. The Hall–Kier alpha value is -2.03. The maximum Gasteiger partial charge on any atom is 0.271 e. The molecule has 2 aromatic rings. The first-order chi connectivity index (χ1) is 12.3. The fourth-order valence-electron chi connectivity index (χ4n) is 3.63. The quantitative estimate of drug-likeness (QED) is 0.645. The van der Waals surface area contributed by atoms with Gasteiger partial charge in [-0.25, -0.2) is 9.36 Å². The van der Waals surface area contributed by atoms with Gasteiger partial charge >= 0.3 is 0 Å². The van der Waals surface area contributed by atoms with Crippen LogP contribution in [-0.4, -0.2) is 53.8 Å². The van der Waals surface area contributed by atoms with Crippen molar-refractivity contribution in [3.05, 3.63) is 17.5 Å². The summed E-state index contributed by atoms with van der Waals surface area (Å²) in [6.07, 6.45) is 1.18. The summed E-state index contributed by atoms with van der Waals surface area (Å²) in [5.74, 6) is 7.82. The summed E-state index contributed by atoms with van der Waals surface area (Å²) in [7, 11) is 0. The summed E-state index contributed by atoms with van der Waals surface area (Å²) in [4.78, 5) is 14.8. The van der Waals surface area contributed by atoms with Gasteiger partial charge in [-0.05, 0) is 45.1 Å². The Labute approximate surface area is 158 Å². The second-order valence-electron chi connectivity index (χ2n) is 7.44. The first-order valence-corrected chi connectivity index (χ1v) is 9.83. The normalized spacial score (nSPS) is 21.8. The molecule has 1 fully saturated rings. The van der Waals surface area contributed by atoms with Crippen LogP contribution in [0.5, 0.6) is 0 Å². The van der Waals surface area contributed by atoms with Crippen molar-refractivity contribution in [3.63, 3.8) is 0 Å². The number of rotatable bonds is 4. The van der Waals surface area contributed by atoms with E-state index in [-0.39, 0.29) is 11.2 Å². The average Bonchev–Trinajstić information content (AvgIpc) is 3.07. The Balaban J connectivity index is 1.73. The van der Waals surface area contributed by atoms with E-state index in [1.165, 1.54) is 22.9 Å². The summed E-state index contributed by atoms with van der Waals surface area (Å²) in [5.41, 5.74) is 1.81. The van der Waals surface area contributed by atoms with Crippen molar-refractivity contribution in [2.24, 2.45) is 11.8 Å². The number of aryl methyl sites for hydroxylation is 2. The SMILES string of the molecule is Cc1cc(C)n(-c2nnc(SC(C)C(=O)N3CC(C)CC(C)C3)n2N)n1. The molecule has 0 aromatic carbocycles. The highest BCUT2D eigenvalue weighted by molar-refractivity contribution is 8.00. The Bertz CT molecular complexity index is 789. The van der Waals surface area contributed by atoms with Crippen LogP contribution >= 0.6 is 11.8 Å². The van der Waals surface area contributed by atoms with Crippen LogP contribution in [0.2, 0.25) is 0 Å². The van der Waals surface area contributed by atoms with E-state index in [4.69, 9.17) is 5.84 Å². The van der Waals surface area contributed by atoms with Gasteiger partial charge in [0.25, 0.3) is 5.95 Å². The van der Waals surface area contributed by atoms with E-state index < -0.39 is 0 Å². The lowest BCUT2D eigenvalue weighted by Gasteiger charge is -2.36. The summed E-state index contributed by atoms with van der Waals surface area (Å²) in [5, 5.41) is 12.9. The Kier molecular flexibility index (Phi) is 5.27. The van der Waals surface area contributed by atoms with Gasteiger partial charge in [0.1, 0.15) is 0 Å². The van der Waals surface area contributed by atoms with E-state index in [1.54, 1.807) is 4.68 Å². The predicted octanol–water partition coefficient (Wildman–Crippen LogP) is 1.78. The summed E-state index contributed by atoms with van der Waals surface area (Å²) in [6.45, 7) is 11.8. The molecule has 1 saturated heterocycles. The molecule has 3 atom stereocenters. The van der Waals surface area contributed by atoms with Gasteiger partial charge in [0.05, 0.1) is 10.9 Å². The Morgan fingerprint density at radius 3 is 2.50 bits per heavy atom. The van der Waals surface area contributed by atoms with Gasteiger partial charge in [0, 0.05) is 18.8 Å². The second kappa shape index (κ2) is 7.30. The van der Waals surface area contributed by atoms with Gasteiger partial charge in [0.2, 0.25) is 11.1 Å². The number of piperidine rings is 1. The van der Waals surface area contributed by atoms with Crippen molar-refractivity contribution in [1.29, 1.82) is 0 Å². The number of likely N-dealkylation sites (tertiary alicyclic amines) is 1. The lowest BCUT2D eigenvalue weighted by molar-refractivity contribution is -0.132. The van der Waals surface area contributed by atoms with Crippen LogP contribution in [-0.2, 0) is 4.79 Å². The molecule has 9 heteroatoms. The number of carbonyl (C=O) groups excluding carboxylic acids is 1. The number of amides is 1. The van der Waals surface area contributed by atoms with Crippen molar-refractivity contribution >= 4 is 17.7 Å². The number of hydrogen-bond acceptors (Lipinski definition) is 6. The zero-order valence-electron chi connectivity index (χ0n) is 16.0. The standard InChI is InChI=1S/C17H27N7OS/c1-10-6-11(2)9-22(8-10)15(25)14(5)26-17-20-19-16(23(17)18)24-13(4)7-12(3)21-24/h7,10-11,14H,6,8-9,18H2,1-5H3. The minimum Gasteiger partial charge on any atom is -0.341 e. The molecule has 1 aliphatic rings. The second-order valence-corrected chi connectivity index (χ2v) is 8.75. The zero-order valence-corrected chi connectivity index (χ0v) is 16.8. The smallest absolute Gasteiger partial charge is 0.271 e. The molecule has 0 spiro atoms. The number of nitrogens with zero attached hydrogens (tertiary/aromatic N) is 6. The number of nitrogens with two attached hydrogens (primary N) is 1. The number of aromatic nitrogens is 5. The molecule has 1 aliphatic heterocycles. The van der Waals surface area contributed by atoms with Crippen LogP contribution in [0.4, 0.5) is 0 Å². The van der Waals surface area contributed by atoms with E-state index in [9.17, 15) is 4.79 Å². The highest BCUT2D eigenvalue weighted by Crippen LogP contribution is 2.27. The molecule has 3 heterocycles. The zero-order chi connectivity index (χ0) is 19.0. The third-order valence-electron chi connectivity index (χ3n) is 4.66. The third kappa shape index (κ3) is 3.72. The van der Waals surface area contributed by atoms with Gasteiger partial charge < -0.3 is 10.7 Å². The maximum absolute atomic E-state index is 12.8. The molecule has 3 unspecified atom stereocenters. The minimum absolute atomic E-state index is 0.129. The largest absolute Gasteiger partial charge is 0.341 e. The lowest BCUT2D eigenvalue weighted by Crippen LogP contribution is -2.45. The number of carbonyl (C=O) groups is 1. The molecular formula is C17H27N7OS. The van der Waals surface area contributed by atoms with Crippen molar-refractivity contribution in [2.75, 3.05) is 18.9 Å². The Morgan fingerprint density at radius 1 is 1.27 bits per heavy atom. The first-order valence-electron chi connectivity index (χ1n) is 8.95. The molecule has 3 rings (SSSR count). The highest BCUT2D eigenvalue weighted by Gasteiger charge is 2.30. The van der Waals surface area contributed by atoms with Crippen LogP contribution < -0.4 is 5.84 Å². The number of nitrogen functional groups attached to an aromatic ring is 1.